The highest BCUT2D eigenvalue weighted by Crippen LogP contribution is 2.61. The van der Waals surface area contributed by atoms with Crippen LogP contribution in [0.25, 0.3) is 0 Å². The van der Waals surface area contributed by atoms with Gasteiger partial charge >= 0.3 is 12.1 Å². The molecule has 1 aliphatic rings. The number of esters is 1. The van der Waals surface area contributed by atoms with Crippen LogP contribution < -0.4 is 0 Å². The van der Waals surface area contributed by atoms with E-state index in [1.165, 1.54) is 6.20 Å². The van der Waals surface area contributed by atoms with Crippen molar-refractivity contribution in [3.8, 4) is 0 Å². The summed E-state index contributed by atoms with van der Waals surface area (Å²) in [5.41, 5.74) is 0.524. The van der Waals surface area contributed by atoms with Crippen molar-refractivity contribution in [2.75, 3.05) is 6.61 Å². The third kappa shape index (κ3) is 3.13. The summed E-state index contributed by atoms with van der Waals surface area (Å²) in [6.45, 7) is 1.95. The summed E-state index contributed by atoms with van der Waals surface area (Å²) in [5.74, 6) is -1.39. The predicted octanol–water partition coefficient (Wildman–Crippen LogP) is 4.16. The highest BCUT2D eigenvalue weighted by Gasteiger charge is 2.57. The number of carbonyl (C=O) groups excluding carboxylic acids is 1. The number of aromatic nitrogens is 1. The third-order valence-electron chi connectivity index (χ3n) is 4.23. The standard InChI is InChI=1S/C18H16F3NO2/c1-2-24-17(23)16-14(11-6-4-3-5-7-11)15(16)12-8-13(10-22-9-12)18(19,20)21/h3-10,14-16H,2H2,1H3/t14-,15-,16-/m1/s1. The van der Waals surface area contributed by atoms with Crippen molar-refractivity contribution in [1.29, 1.82) is 0 Å². The number of hydrogen-bond donors (Lipinski definition) is 0. The van der Waals surface area contributed by atoms with Crippen LogP contribution in [-0.4, -0.2) is 17.6 Å². The lowest BCUT2D eigenvalue weighted by Crippen LogP contribution is -2.09. The zero-order chi connectivity index (χ0) is 17.3. The highest BCUT2D eigenvalue weighted by atomic mass is 19.4. The molecule has 24 heavy (non-hydrogen) atoms. The van der Waals surface area contributed by atoms with Gasteiger partial charge in [-0.15, -0.1) is 0 Å². The monoisotopic (exact) mass is 335 g/mol. The Bertz CT molecular complexity index is 731. The molecule has 0 N–H and O–H groups in total. The second-order valence-electron chi connectivity index (χ2n) is 5.74. The molecule has 126 valence electrons. The maximum Gasteiger partial charge on any atom is 0.417 e. The van der Waals surface area contributed by atoms with Crippen molar-refractivity contribution in [1.82, 2.24) is 4.98 Å². The second kappa shape index (κ2) is 6.26. The molecule has 1 saturated carbocycles. The van der Waals surface area contributed by atoms with E-state index < -0.39 is 17.7 Å². The lowest BCUT2D eigenvalue weighted by molar-refractivity contribution is -0.144. The van der Waals surface area contributed by atoms with Crippen molar-refractivity contribution in [3.63, 3.8) is 0 Å². The van der Waals surface area contributed by atoms with Gasteiger partial charge in [-0.05, 0) is 24.1 Å². The lowest BCUT2D eigenvalue weighted by Gasteiger charge is -2.08. The number of halogens is 3. The van der Waals surface area contributed by atoms with Crippen LogP contribution in [0.4, 0.5) is 13.2 Å². The van der Waals surface area contributed by atoms with Gasteiger partial charge in [0.05, 0.1) is 18.1 Å². The van der Waals surface area contributed by atoms with E-state index in [0.717, 1.165) is 17.8 Å². The topological polar surface area (TPSA) is 39.2 Å². The van der Waals surface area contributed by atoms with Gasteiger partial charge in [0.1, 0.15) is 0 Å². The fourth-order valence-corrected chi connectivity index (χ4v) is 3.14. The molecule has 0 aliphatic heterocycles. The molecule has 0 saturated heterocycles. The Morgan fingerprint density at radius 1 is 1.12 bits per heavy atom. The van der Waals surface area contributed by atoms with E-state index in [0.29, 0.717) is 5.56 Å². The minimum atomic E-state index is -4.46. The molecule has 1 aromatic heterocycles. The van der Waals surface area contributed by atoms with Crippen molar-refractivity contribution in [3.05, 3.63) is 65.5 Å². The molecule has 2 aromatic rings. The van der Waals surface area contributed by atoms with E-state index in [1.807, 2.05) is 30.3 Å². The van der Waals surface area contributed by atoms with Gasteiger partial charge in [-0.1, -0.05) is 30.3 Å². The zero-order valence-corrected chi connectivity index (χ0v) is 13.0. The molecule has 6 heteroatoms. The Hall–Kier alpha value is -2.37. The van der Waals surface area contributed by atoms with E-state index in [-0.39, 0.29) is 24.4 Å². The van der Waals surface area contributed by atoms with Crippen molar-refractivity contribution in [2.24, 2.45) is 5.92 Å². The first-order valence-electron chi connectivity index (χ1n) is 7.67. The number of pyridine rings is 1. The van der Waals surface area contributed by atoms with Gasteiger partial charge in [-0.3, -0.25) is 9.78 Å². The highest BCUT2D eigenvalue weighted by molar-refractivity contribution is 5.80. The average Bonchev–Trinajstić information content (AvgIpc) is 3.31. The van der Waals surface area contributed by atoms with Crippen LogP contribution in [0.1, 0.15) is 35.4 Å². The molecule has 1 fully saturated rings. The summed E-state index contributed by atoms with van der Waals surface area (Å²) in [6, 6.07) is 10.4. The molecule has 3 atom stereocenters. The van der Waals surface area contributed by atoms with Crippen LogP contribution >= 0.6 is 0 Å². The quantitative estimate of drug-likeness (QED) is 0.788. The Balaban J connectivity index is 1.94. The Morgan fingerprint density at radius 3 is 2.42 bits per heavy atom. The van der Waals surface area contributed by atoms with Crippen LogP contribution in [0.15, 0.2) is 48.8 Å². The molecule has 1 heterocycles. The number of rotatable bonds is 4. The Kier molecular flexibility index (Phi) is 4.30. The molecule has 0 spiro atoms. The fraction of sp³-hybridized carbons (Fsp3) is 0.333. The summed E-state index contributed by atoms with van der Waals surface area (Å²) >= 11 is 0. The van der Waals surface area contributed by atoms with Crippen molar-refractivity contribution in [2.45, 2.75) is 24.9 Å². The van der Waals surface area contributed by atoms with Gasteiger partial charge in [-0.2, -0.15) is 13.2 Å². The van der Waals surface area contributed by atoms with Gasteiger partial charge in [0.2, 0.25) is 0 Å². The number of ether oxygens (including phenoxy) is 1. The number of nitrogens with zero attached hydrogens (tertiary/aromatic N) is 1. The number of benzene rings is 1. The number of hydrogen-bond acceptors (Lipinski definition) is 3. The normalized spacial score (nSPS) is 22.9. The van der Waals surface area contributed by atoms with Crippen molar-refractivity contribution >= 4 is 5.97 Å². The molecular weight excluding hydrogens is 319 g/mol. The van der Waals surface area contributed by atoms with E-state index in [9.17, 15) is 18.0 Å². The molecule has 3 rings (SSSR count). The van der Waals surface area contributed by atoms with E-state index >= 15 is 0 Å². The SMILES string of the molecule is CCOC(=O)[C@@H]1[C@H](c2ccccc2)[C@H]1c1cncc(C(F)(F)F)c1. The van der Waals surface area contributed by atoms with E-state index in [4.69, 9.17) is 4.74 Å². The number of alkyl halides is 3. The first-order chi connectivity index (χ1) is 11.4. The summed E-state index contributed by atoms with van der Waals surface area (Å²) in [7, 11) is 0. The second-order valence-corrected chi connectivity index (χ2v) is 5.74. The first kappa shape index (κ1) is 16.5. The average molecular weight is 335 g/mol. The Labute approximate surface area is 137 Å². The molecule has 0 radical (unpaired) electrons. The van der Waals surface area contributed by atoms with Gasteiger partial charge in [0, 0.05) is 24.2 Å². The molecule has 0 bridgehead atoms. The summed E-state index contributed by atoms with van der Waals surface area (Å²) < 4.78 is 43.8. The molecule has 3 nitrogen and oxygen atoms in total. The predicted molar refractivity (Wildman–Crippen MR) is 81.3 cm³/mol. The summed E-state index contributed by atoms with van der Waals surface area (Å²) in [5, 5.41) is 0. The maximum atomic E-state index is 12.9. The first-order valence-corrected chi connectivity index (χ1v) is 7.67. The zero-order valence-electron chi connectivity index (χ0n) is 13.0. The van der Waals surface area contributed by atoms with Crippen LogP contribution in [0, 0.1) is 5.92 Å². The van der Waals surface area contributed by atoms with Gasteiger partial charge in [0.15, 0.2) is 0 Å². The molecule has 1 aromatic carbocycles. The van der Waals surface area contributed by atoms with Crippen LogP contribution in [0.3, 0.4) is 0 Å². The van der Waals surface area contributed by atoms with Crippen LogP contribution in [-0.2, 0) is 15.7 Å². The number of carbonyl (C=O) groups is 1. The minimum absolute atomic E-state index is 0.185. The molecule has 0 unspecified atom stereocenters. The molecule has 0 amide bonds. The van der Waals surface area contributed by atoms with Gasteiger partial charge < -0.3 is 4.74 Å². The van der Waals surface area contributed by atoms with E-state index in [1.54, 1.807) is 6.92 Å². The lowest BCUT2D eigenvalue weighted by atomic mass is 10.0. The molecular formula is C18H16F3NO2. The summed E-state index contributed by atoms with van der Waals surface area (Å²) in [4.78, 5) is 15.9. The van der Waals surface area contributed by atoms with Gasteiger partial charge in [-0.25, -0.2) is 0 Å². The minimum Gasteiger partial charge on any atom is -0.466 e. The smallest absolute Gasteiger partial charge is 0.417 e. The van der Waals surface area contributed by atoms with Gasteiger partial charge in [0.25, 0.3) is 0 Å². The maximum absolute atomic E-state index is 12.9. The Morgan fingerprint density at radius 2 is 1.79 bits per heavy atom. The largest absolute Gasteiger partial charge is 0.466 e. The molecule has 1 aliphatic carbocycles. The summed E-state index contributed by atoms with van der Waals surface area (Å²) in [6.07, 6.45) is -2.27. The van der Waals surface area contributed by atoms with E-state index in [2.05, 4.69) is 4.98 Å². The van der Waals surface area contributed by atoms with Crippen LogP contribution in [0.2, 0.25) is 0 Å². The third-order valence-corrected chi connectivity index (χ3v) is 4.23. The fourth-order valence-electron chi connectivity index (χ4n) is 3.14. The van der Waals surface area contributed by atoms with Crippen molar-refractivity contribution < 1.29 is 22.7 Å². The van der Waals surface area contributed by atoms with Crippen LogP contribution in [0.5, 0.6) is 0 Å².